The number of carbonyl (C=O) groups excluding carboxylic acids is 1. The van der Waals surface area contributed by atoms with E-state index in [-0.39, 0.29) is 5.56 Å². The summed E-state index contributed by atoms with van der Waals surface area (Å²) < 4.78 is 14.9. The first-order valence-electron chi connectivity index (χ1n) is 7.01. The summed E-state index contributed by atoms with van der Waals surface area (Å²) in [7, 11) is 0. The van der Waals surface area contributed by atoms with E-state index in [1.165, 1.54) is 12.3 Å². The molecule has 24 heavy (non-hydrogen) atoms. The number of halogens is 1. The second kappa shape index (κ2) is 6.23. The first-order chi connectivity index (χ1) is 11.6. The maximum Gasteiger partial charge on any atom is 0.255 e. The third-order valence-electron chi connectivity index (χ3n) is 3.51. The fourth-order valence-corrected chi connectivity index (χ4v) is 2.44. The molecule has 1 aromatic carbocycles. The van der Waals surface area contributed by atoms with Crippen LogP contribution in [0.4, 0.5) is 10.1 Å². The number of nitriles is 1. The fraction of sp³-hybridized carbons (Fsp3) is 0.0556. The van der Waals surface area contributed by atoms with E-state index in [9.17, 15) is 14.4 Å². The van der Waals surface area contributed by atoms with Gasteiger partial charge in [-0.3, -0.25) is 4.79 Å². The number of aromatic nitrogens is 2. The van der Waals surface area contributed by atoms with Crippen molar-refractivity contribution in [3.8, 4) is 18.4 Å². The number of rotatable bonds is 3. The number of carbonyl (C=O) groups is 1. The molecule has 6 heteroatoms. The van der Waals surface area contributed by atoms with Crippen LogP contribution in [-0.2, 0) is 6.54 Å². The SMILES string of the molecule is C#CCn1cc(C#N)c2cc(NC(=O)c3ccnc(F)c3)ccc21. The van der Waals surface area contributed by atoms with Gasteiger partial charge in [0.25, 0.3) is 5.91 Å². The summed E-state index contributed by atoms with van der Waals surface area (Å²) in [6.07, 6.45) is 8.23. The zero-order chi connectivity index (χ0) is 17.1. The van der Waals surface area contributed by atoms with Crippen LogP contribution in [0.5, 0.6) is 0 Å². The largest absolute Gasteiger partial charge is 0.334 e. The monoisotopic (exact) mass is 318 g/mol. The highest BCUT2D eigenvalue weighted by molar-refractivity contribution is 6.05. The maximum atomic E-state index is 13.1. The molecular weight excluding hydrogens is 307 g/mol. The molecule has 1 N–H and O–H groups in total. The van der Waals surface area contributed by atoms with Crippen molar-refractivity contribution in [1.29, 1.82) is 5.26 Å². The lowest BCUT2D eigenvalue weighted by Crippen LogP contribution is -2.12. The van der Waals surface area contributed by atoms with Crippen LogP contribution in [0.1, 0.15) is 15.9 Å². The van der Waals surface area contributed by atoms with E-state index in [0.717, 1.165) is 11.6 Å². The minimum Gasteiger partial charge on any atom is -0.334 e. The molecule has 0 radical (unpaired) electrons. The first kappa shape index (κ1) is 15.3. The lowest BCUT2D eigenvalue weighted by molar-refractivity contribution is 0.102. The predicted molar refractivity (Wildman–Crippen MR) is 87.6 cm³/mol. The number of hydrogen-bond donors (Lipinski definition) is 1. The van der Waals surface area contributed by atoms with Gasteiger partial charge in [0.2, 0.25) is 5.95 Å². The van der Waals surface area contributed by atoms with E-state index in [1.54, 1.807) is 29.0 Å². The Morgan fingerprint density at radius 2 is 2.21 bits per heavy atom. The second-order valence-corrected chi connectivity index (χ2v) is 5.04. The van der Waals surface area contributed by atoms with Gasteiger partial charge in [0.15, 0.2) is 0 Å². The minimum atomic E-state index is -0.726. The first-order valence-corrected chi connectivity index (χ1v) is 7.01. The molecule has 0 unspecified atom stereocenters. The number of pyridine rings is 1. The summed E-state index contributed by atoms with van der Waals surface area (Å²) in [5, 5.41) is 12.6. The van der Waals surface area contributed by atoms with Gasteiger partial charge in [0, 0.05) is 35.1 Å². The maximum absolute atomic E-state index is 13.1. The Hall–Kier alpha value is -3.64. The van der Waals surface area contributed by atoms with Gasteiger partial charge in [-0.1, -0.05) is 5.92 Å². The Kier molecular flexibility index (Phi) is 3.96. The van der Waals surface area contributed by atoms with E-state index < -0.39 is 11.9 Å². The average molecular weight is 318 g/mol. The molecule has 0 aliphatic rings. The third-order valence-corrected chi connectivity index (χ3v) is 3.51. The van der Waals surface area contributed by atoms with Crippen LogP contribution in [0.2, 0.25) is 0 Å². The van der Waals surface area contributed by atoms with Crippen molar-refractivity contribution in [3.05, 3.63) is 59.8 Å². The van der Waals surface area contributed by atoms with Crippen LogP contribution in [-0.4, -0.2) is 15.5 Å². The molecule has 0 bridgehead atoms. The number of anilines is 1. The minimum absolute atomic E-state index is 0.160. The Bertz CT molecular complexity index is 1020. The molecule has 0 saturated heterocycles. The molecule has 0 aliphatic carbocycles. The Labute approximate surface area is 137 Å². The van der Waals surface area contributed by atoms with Gasteiger partial charge in [0.05, 0.1) is 17.6 Å². The number of amides is 1. The van der Waals surface area contributed by atoms with Crippen molar-refractivity contribution in [1.82, 2.24) is 9.55 Å². The number of terminal acetylenes is 1. The molecule has 0 spiro atoms. The zero-order valence-corrected chi connectivity index (χ0v) is 12.5. The summed E-state index contributed by atoms with van der Waals surface area (Å²) in [4.78, 5) is 15.6. The van der Waals surface area contributed by atoms with Crippen molar-refractivity contribution in [3.63, 3.8) is 0 Å². The number of fused-ring (bicyclic) bond motifs is 1. The highest BCUT2D eigenvalue weighted by Gasteiger charge is 2.11. The quantitative estimate of drug-likeness (QED) is 0.596. The van der Waals surface area contributed by atoms with Gasteiger partial charge in [-0.25, -0.2) is 4.98 Å². The van der Waals surface area contributed by atoms with Crippen molar-refractivity contribution in [2.75, 3.05) is 5.32 Å². The van der Waals surface area contributed by atoms with E-state index in [4.69, 9.17) is 6.42 Å². The van der Waals surface area contributed by atoms with Crippen molar-refractivity contribution >= 4 is 22.5 Å². The highest BCUT2D eigenvalue weighted by atomic mass is 19.1. The highest BCUT2D eigenvalue weighted by Crippen LogP contribution is 2.25. The van der Waals surface area contributed by atoms with E-state index in [2.05, 4.69) is 22.3 Å². The summed E-state index contributed by atoms with van der Waals surface area (Å²) in [5.41, 5.74) is 1.93. The normalized spacial score (nSPS) is 10.1. The molecule has 0 fully saturated rings. The number of nitrogens with one attached hydrogen (secondary N) is 1. The summed E-state index contributed by atoms with van der Waals surface area (Å²) in [6.45, 7) is 0.347. The summed E-state index contributed by atoms with van der Waals surface area (Å²) >= 11 is 0. The van der Waals surface area contributed by atoms with Crippen molar-refractivity contribution in [2.24, 2.45) is 0 Å². The van der Waals surface area contributed by atoms with Crippen LogP contribution >= 0.6 is 0 Å². The molecule has 2 aromatic heterocycles. The van der Waals surface area contributed by atoms with Crippen LogP contribution in [0.3, 0.4) is 0 Å². The third kappa shape index (κ3) is 2.81. The van der Waals surface area contributed by atoms with Crippen LogP contribution < -0.4 is 5.32 Å². The summed E-state index contributed by atoms with van der Waals surface area (Å²) in [6, 6.07) is 9.74. The van der Waals surface area contributed by atoms with Crippen LogP contribution in [0.15, 0.2) is 42.7 Å². The van der Waals surface area contributed by atoms with Gasteiger partial charge in [0.1, 0.15) is 6.07 Å². The molecule has 3 rings (SSSR count). The van der Waals surface area contributed by atoms with Gasteiger partial charge < -0.3 is 9.88 Å². The standard InChI is InChI=1S/C18H11FN4O/c1-2-7-23-11-13(10-20)15-9-14(3-4-16(15)23)22-18(24)12-5-6-21-17(19)8-12/h1,3-6,8-9,11H,7H2,(H,22,24). The molecule has 0 aliphatic heterocycles. The second-order valence-electron chi connectivity index (χ2n) is 5.04. The Balaban J connectivity index is 1.95. The average Bonchev–Trinajstić information content (AvgIpc) is 2.92. The van der Waals surface area contributed by atoms with Gasteiger partial charge in [-0.15, -0.1) is 6.42 Å². The van der Waals surface area contributed by atoms with E-state index >= 15 is 0 Å². The van der Waals surface area contributed by atoms with Crippen molar-refractivity contribution < 1.29 is 9.18 Å². The van der Waals surface area contributed by atoms with Crippen LogP contribution in [0.25, 0.3) is 10.9 Å². The number of benzene rings is 1. The lowest BCUT2D eigenvalue weighted by atomic mass is 10.1. The van der Waals surface area contributed by atoms with E-state index in [0.29, 0.717) is 23.2 Å². The Morgan fingerprint density at radius 3 is 2.92 bits per heavy atom. The molecule has 0 saturated carbocycles. The zero-order valence-electron chi connectivity index (χ0n) is 12.5. The fourth-order valence-electron chi connectivity index (χ4n) is 2.44. The molecule has 1 amide bonds. The van der Waals surface area contributed by atoms with Gasteiger partial charge >= 0.3 is 0 Å². The lowest BCUT2D eigenvalue weighted by Gasteiger charge is -2.06. The van der Waals surface area contributed by atoms with Gasteiger partial charge in [-0.2, -0.15) is 9.65 Å². The number of nitrogens with zero attached hydrogens (tertiary/aromatic N) is 3. The summed E-state index contributed by atoms with van der Waals surface area (Å²) in [5.74, 6) is 1.34. The molecule has 5 nitrogen and oxygen atoms in total. The van der Waals surface area contributed by atoms with Crippen molar-refractivity contribution in [2.45, 2.75) is 6.54 Å². The van der Waals surface area contributed by atoms with E-state index in [1.807, 2.05) is 0 Å². The Morgan fingerprint density at radius 1 is 1.38 bits per heavy atom. The molecule has 3 aromatic rings. The topological polar surface area (TPSA) is 70.7 Å². The predicted octanol–water partition coefficient (Wildman–Crippen LogP) is 2.93. The number of hydrogen-bond acceptors (Lipinski definition) is 3. The molecule has 0 atom stereocenters. The van der Waals surface area contributed by atoms with Crippen LogP contribution in [0, 0.1) is 29.6 Å². The molecule has 116 valence electrons. The smallest absolute Gasteiger partial charge is 0.255 e. The van der Waals surface area contributed by atoms with Gasteiger partial charge in [-0.05, 0) is 24.3 Å². The molecular formula is C18H11FN4O. The molecule has 2 heterocycles.